The van der Waals surface area contributed by atoms with Crippen molar-refractivity contribution in [3.05, 3.63) is 67.2 Å². The average molecular weight is 403 g/mol. The van der Waals surface area contributed by atoms with E-state index >= 15 is 0 Å². The fourth-order valence-corrected chi connectivity index (χ4v) is 3.08. The minimum Gasteiger partial charge on any atom is -0.457 e. The zero-order chi connectivity index (χ0) is 18.1. The predicted octanol–water partition coefficient (Wildman–Crippen LogP) is 5.70. The summed E-state index contributed by atoms with van der Waals surface area (Å²) in [5.41, 5.74) is 3.41. The number of nitrogens with zero attached hydrogens (tertiary/aromatic N) is 2. The Morgan fingerprint density at radius 1 is 1.16 bits per heavy atom. The van der Waals surface area contributed by atoms with Crippen LogP contribution in [0.3, 0.4) is 0 Å². The average Bonchev–Trinajstić information content (AvgIpc) is 3.15. The second kappa shape index (κ2) is 6.68. The number of halogens is 1. The molecule has 0 radical (unpaired) electrons. The van der Waals surface area contributed by atoms with Gasteiger partial charge in [-0.2, -0.15) is 0 Å². The van der Waals surface area contributed by atoms with Gasteiger partial charge in [0.15, 0.2) is 5.69 Å². The first-order valence-electron chi connectivity index (χ1n) is 7.52. The third kappa shape index (κ3) is 3.41. The Morgan fingerprint density at radius 3 is 2.60 bits per heavy atom. The molecule has 0 N–H and O–H groups in total. The third-order valence-corrected chi connectivity index (χ3v) is 4.57. The van der Waals surface area contributed by atoms with E-state index in [1.807, 2.05) is 26.0 Å². The summed E-state index contributed by atoms with van der Waals surface area (Å²) in [6.07, 6.45) is 3.10. The molecule has 2 aromatic heterocycles. The maximum atomic E-state index is 11.0. The molecule has 2 heterocycles. The van der Waals surface area contributed by atoms with E-state index in [0.29, 0.717) is 11.5 Å². The molecule has 0 aliphatic carbocycles. The van der Waals surface area contributed by atoms with Gasteiger partial charge in [-0.15, -0.1) is 0 Å². The van der Waals surface area contributed by atoms with E-state index in [9.17, 15) is 10.1 Å². The molecule has 1 aromatic carbocycles. The van der Waals surface area contributed by atoms with E-state index in [1.165, 1.54) is 24.1 Å². The Kier molecular flexibility index (Phi) is 4.59. The Morgan fingerprint density at radius 2 is 1.88 bits per heavy atom. The van der Waals surface area contributed by atoms with Crippen molar-refractivity contribution < 1.29 is 13.9 Å². The summed E-state index contributed by atoms with van der Waals surface area (Å²) >= 11 is 3.55. The van der Waals surface area contributed by atoms with Crippen molar-refractivity contribution in [2.24, 2.45) is 0 Å². The number of hydrogen-bond acceptors (Lipinski definition) is 5. The van der Waals surface area contributed by atoms with Gasteiger partial charge in [0.2, 0.25) is 5.76 Å². The smallest absolute Gasteiger partial charge is 0.338 e. The molecule has 0 aliphatic rings. The molecular weight excluding hydrogens is 388 g/mol. The summed E-state index contributed by atoms with van der Waals surface area (Å²) in [5.74, 6) is 1.36. The Hall–Kier alpha value is -2.67. The lowest BCUT2D eigenvalue weighted by Gasteiger charge is -2.06. The maximum Gasteiger partial charge on any atom is 0.338 e. The molecule has 0 saturated heterocycles. The van der Waals surface area contributed by atoms with Gasteiger partial charge in [0.25, 0.3) is 0 Å². The summed E-state index contributed by atoms with van der Waals surface area (Å²) in [7, 11) is 0. The van der Waals surface area contributed by atoms with E-state index in [2.05, 4.69) is 27.2 Å². The minimum atomic E-state index is -0.509. The van der Waals surface area contributed by atoms with E-state index in [4.69, 9.17) is 8.94 Å². The summed E-state index contributed by atoms with van der Waals surface area (Å²) in [5, 5.41) is 14.7. The summed E-state index contributed by atoms with van der Waals surface area (Å²) in [6.45, 7) is 5.62. The fraction of sp³-hybridized carbons (Fsp3) is 0.167. The molecule has 128 valence electrons. The van der Waals surface area contributed by atoms with Crippen molar-refractivity contribution >= 4 is 33.8 Å². The molecule has 0 amide bonds. The van der Waals surface area contributed by atoms with Crippen molar-refractivity contribution in [3.63, 3.8) is 0 Å². The number of hydrogen-bond donors (Lipinski definition) is 0. The first-order valence-corrected chi connectivity index (χ1v) is 8.32. The molecule has 25 heavy (non-hydrogen) atoms. The van der Waals surface area contributed by atoms with Gasteiger partial charge < -0.3 is 8.94 Å². The fourth-order valence-electron chi connectivity index (χ4n) is 2.43. The molecular formula is C18H15BrN2O4. The van der Waals surface area contributed by atoms with E-state index in [1.54, 1.807) is 12.1 Å². The van der Waals surface area contributed by atoms with Crippen LogP contribution >= 0.6 is 15.9 Å². The first-order chi connectivity index (χ1) is 11.9. The van der Waals surface area contributed by atoms with Crippen LogP contribution in [0.1, 0.15) is 28.3 Å². The second-order valence-corrected chi connectivity index (χ2v) is 6.54. The highest BCUT2D eigenvalue weighted by Gasteiger charge is 2.22. The van der Waals surface area contributed by atoms with Crippen molar-refractivity contribution in [1.29, 1.82) is 0 Å². The quantitative estimate of drug-likeness (QED) is 0.412. The maximum absolute atomic E-state index is 11.0. The van der Waals surface area contributed by atoms with Crippen LogP contribution in [-0.2, 0) is 0 Å². The molecule has 0 fully saturated rings. The van der Waals surface area contributed by atoms with Crippen LogP contribution < -0.4 is 0 Å². The van der Waals surface area contributed by atoms with Gasteiger partial charge in [-0.1, -0.05) is 21.1 Å². The van der Waals surface area contributed by atoms with Gasteiger partial charge in [0.05, 0.1) is 4.92 Å². The van der Waals surface area contributed by atoms with Crippen LogP contribution in [0.2, 0.25) is 0 Å². The zero-order valence-electron chi connectivity index (χ0n) is 13.9. The van der Waals surface area contributed by atoms with Gasteiger partial charge in [-0.05, 0) is 68.3 Å². The van der Waals surface area contributed by atoms with Gasteiger partial charge in [-0.25, -0.2) is 0 Å². The first kappa shape index (κ1) is 17.2. The molecule has 6 nitrogen and oxygen atoms in total. The summed E-state index contributed by atoms with van der Waals surface area (Å²) < 4.78 is 11.8. The molecule has 7 heteroatoms. The van der Waals surface area contributed by atoms with Crippen LogP contribution in [0, 0.1) is 30.9 Å². The van der Waals surface area contributed by atoms with Crippen LogP contribution in [-0.4, -0.2) is 10.1 Å². The number of aromatic nitrogens is 1. The lowest BCUT2D eigenvalue weighted by atomic mass is 10.1. The van der Waals surface area contributed by atoms with Gasteiger partial charge in [0, 0.05) is 10.0 Å². The lowest BCUT2D eigenvalue weighted by molar-refractivity contribution is -0.386. The molecule has 0 saturated carbocycles. The Labute approximate surface area is 152 Å². The summed E-state index contributed by atoms with van der Waals surface area (Å²) in [4.78, 5) is 10.5. The van der Waals surface area contributed by atoms with Crippen molar-refractivity contribution in [2.75, 3.05) is 0 Å². The Bertz CT molecular complexity index is 985. The van der Waals surface area contributed by atoms with Crippen LogP contribution in [0.15, 0.2) is 37.7 Å². The topological polar surface area (TPSA) is 82.3 Å². The number of rotatable bonds is 4. The molecule has 0 aliphatic heterocycles. The van der Waals surface area contributed by atoms with Crippen molar-refractivity contribution in [3.8, 4) is 11.3 Å². The molecule has 0 atom stereocenters. The molecule has 3 rings (SSSR count). The highest BCUT2D eigenvalue weighted by atomic mass is 79.9. The summed E-state index contributed by atoms with van der Waals surface area (Å²) in [6, 6.07) is 7.75. The largest absolute Gasteiger partial charge is 0.457 e. The molecule has 0 unspecified atom stereocenters. The van der Waals surface area contributed by atoms with E-state index < -0.39 is 4.92 Å². The predicted molar refractivity (Wildman–Crippen MR) is 98.1 cm³/mol. The lowest BCUT2D eigenvalue weighted by Crippen LogP contribution is -1.90. The van der Waals surface area contributed by atoms with E-state index in [-0.39, 0.29) is 17.1 Å². The van der Waals surface area contributed by atoms with Gasteiger partial charge in [-0.3, -0.25) is 10.1 Å². The number of benzene rings is 1. The van der Waals surface area contributed by atoms with Crippen molar-refractivity contribution in [2.45, 2.75) is 20.8 Å². The van der Waals surface area contributed by atoms with E-state index in [0.717, 1.165) is 10.0 Å². The normalized spacial score (nSPS) is 11.4. The number of nitro groups is 1. The van der Waals surface area contributed by atoms with Crippen molar-refractivity contribution in [1.82, 2.24) is 5.16 Å². The standard InChI is InChI=1S/C18H15BrN2O4/c1-10-8-14(15(19)9-11(10)2)16-6-4-13(24-16)5-7-17-18(21(22)23)12(3)20-25-17/h4-9H,1-3H3/b7-5-. The van der Waals surface area contributed by atoms with Crippen LogP contribution in [0.25, 0.3) is 23.5 Å². The number of furan rings is 1. The minimum absolute atomic E-state index is 0.0906. The molecule has 0 spiro atoms. The van der Waals surface area contributed by atoms with Crippen LogP contribution in [0.4, 0.5) is 5.69 Å². The second-order valence-electron chi connectivity index (χ2n) is 5.69. The zero-order valence-corrected chi connectivity index (χ0v) is 15.5. The van der Waals surface area contributed by atoms with Gasteiger partial charge in [0.1, 0.15) is 11.5 Å². The van der Waals surface area contributed by atoms with Gasteiger partial charge >= 0.3 is 5.69 Å². The molecule has 0 bridgehead atoms. The Balaban J connectivity index is 1.90. The monoisotopic (exact) mass is 402 g/mol. The van der Waals surface area contributed by atoms with Crippen LogP contribution in [0.5, 0.6) is 0 Å². The highest BCUT2D eigenvalue weighted by molar-refractivity contribution is 9.10. The number of aryl methyl sites for hydroxylation is 3. The third-order valence-electron chi connectivity index (χ3n) is 3.91. The molecule has 3 aromatic rings. The SMILES string of the molecule is Cc1cc(Br)c(-c2ccc(/C=C\c3onc(C)c3[N+](=O)[O-])o2)cc1C. The highest BCUT2D eigenvalue weighted by Crippen LogP contribution is 2.33.